The predicted molar refractivity (Wildman–Crippen MR) is 87.2 cm³/mol. The van der Waals surface area contributed by atoms with E-state index >= 15 is 0 Å². The highest BCUT2D eigenvalue weighted by Crippen LogP contribution is 2.30. The second-order valence-corrected chi connectivity index (χ2v) is 5.67. The van der Waals surface area contributed by atoms with Gasteiger partial charge in [0, 0.05) is 17.8 Å². The van der Waals surface area contributed by atoms with Crippen molar-refractivity contribution < 1.29 is 0 Å². The van der Waals surface area contributed by atoms with Crippen molar-refractivity contribution in [1.29, 1.82) is 0 Å². The minimum Gasteiger partial charge on any atom is -0.313 e. The standard InChI is InChI=1S/C16H15Cl2N3/c1-19-14(9-11-5-4-6-13(17)16(11)18)12-10-20-21-8-3-2-7-15(12)21/h2-8,10,14,19H,9H2,1H3. The summed E-state index contributed by atoms with van der Waals surface area (Å²) in [5.41, 5.74) is 3.27. The fraction of sp³-hybridized carbons (Fsp3) is 0.188. The van der Waals surface area contributed by atoms with Crippen LogP contribution >= 0.6 is 23.2 Å². The lowest BCUT2D eigenvalue weighted by molar-refractivity contribution is 0.596. The summed E-state index contributed by atoms with van der Waals surface area (Å²) in [6, 6.07) is 11.9. The number of fused-ring (bicyclic) bond motifs is 1. The van der Waals surface area contributed by atoms with E-state index in [4.69, 9.17) is 23.2 Å². The summed E-state index contributed by atoms with van der Waals surface area (Å²) < 4.78 is 1.87. The molecule has 0 aliphatic rings. The lowest BCUT2D eigenvalue weighted by atomic mass is 10.00. The van der Waals surface area contributed by atoms with Crippen molar-refractivity contribution >= 4 is 28.7 Å². The van der Waals surface area contributed by atoms with E-state index in [1.54, 1.807) is 6.07 Å². The Kier molecular flexibility index (Phi) is 4.15. The van der Waals surface area contributed by atoms with Crippen molar-refractivity contribution in [2.24, 2.45) is 0 Å². The Bertz CT molecular complexity index is 767. The van der Waals surface area contributed by atoms with E-state index in [0.717, 1.165) is 23.1 Å². The molecule has 0 aliphatic heterocycles. The third-order valence-corrected chi connectivity index (χ3v) is 4.49. The molecule has 0 spiro atoms. The molecule has 2 aromatic heterocycles. The van der Waals surface area contributed by atoms with E-state index < -0.39 is 0 Å². The van der Waals surface area contributed by atoms with Crippen molar-refractivity contribution in [3.05, 3.63) is 70.0 Å². The van der Waals surface area contributed by atoms with Gasteiger partial charge >= 0.3 is 0 Å². The molecule has 0 amide bonds. The summed E-state index contributed by atoms with van der Waals surface area (Å²) in [7, 11) is 1.94. The largest absolute Gasteiger partial charge is 0.313 e. The van der Waals surface area contributed by atoms with Crippen LogP contribution in [0.1, 0.15) is 17.2 Å². The van der Waals surface area contributed by atoms with Crippen LogP contribution < -0.4 is 5.32 Å². The van der Waals surface area contributed by atoms with Crippen LogP contribution in [0.2, 0.25) is 10.0 Å². The smallest absolute Gasteiger partial charge is 0.0709 e. The van der Waals surface area contributed by atoms with Crippen molar-refractivity contribution in [3.63, 3.8) is 0 Å². The summed E-state index contributed by atoms with van der Waals surface area (Å²) in [6.45, 7) is 0. The molecule has 0 saturated heterocycles. The molecule has 1 aromatic carbocycles. The molecular weight excluding hydrogens is 305 g/mol. The maximum absolute atomic E-state index is 6.29. The van der Waals surface area contributed by atoms with Crippen molar-refractivity contribution in [2.45, 2.75) is 12.5 Å². The van der Waals surface area contributed by atoms with Gasteiger partial charge in [-0.25, -0.2) is 4.52 Å². The molecule has 3 nitrogen and oxygen atoms in total. The summed E-state index contributed by atoms with van der Waals surface area (Å²) in [5, 5.41) is 8.93. The van der Waals surface area contributed by atoms with E-state index in [-0.39, 0.29) is 6.04 Å². The molecule has 2 heterocycles. The van der Waals surface area contributed by atoms with Gasteiger partial charge in [0.2, 0.25) is 0 Å². The zero-order valence-corrected chi connectivity index (χ0v) is 13.1. The Labute approximate surface area is 133 Å². The SMILES string of the molecule is CNC(Cc1cccc(Cl)c1Cl)c1cnn2ccccc12. The average Bonchev–Trinajstić information content (AvgIpc) is 2.93. The first-order valence-corrected chi connectivity index (χ1v) is 7.48. The normalized spacial score (nSPS) is 12.7. The van der Waals surface area contributed by atoms with Crippen LogP contribution in [0.15, 0.2) is 48.8 Å². The molecule has 1 unspecified atom stereocenters. The summed E-state index contributed by atoms with van der Waals surface area (Å²) in [5.74, 6) is 0. The molecule has 3 aromatic rings. The second-order valence-electron chi connectivity index (χ2n) is 4.89. The summed E-state index contributed by atoms with van der Waals surface area (Å²) in [6.07, 6.45) is 4.60. The molecule has 0 bridgehead atoms. The first-order chi connectivity index (χ1) is 10.2. The van der Waals surface area contributed by atoms with E-state index in [9.17, 15) is 0 Å². The Morgan fingerprint density at radius 1 is 1.19 bits per heavy atom. The van der Waals surface area contributed by atoms with Gasteiger partial charge in [0.15, 0.2) is 0 Å². The zero-order valence-electron chi connectivity index (χ0n) is 11.6. The lowest BCUT2D eigenvalue weighted by Crippen LogP contribution is -2.18. The topological polar surface area (TPSA) is 29.3 Å². The number of nitrogens with zero attached hydrogens (tertiary/aromatic N) is 2. The highest BCUT2D eigenvalue weighted by atomic mass is 35.5. The van der Waals surface area contributed by atoms with E-state index in [2.05, 4.69) is 16.5 Å². The van der Waals surface area contributed by atoms with Gasteiger partial charge in [0.05, 0.1) is 21.8 Å². The first-order valence-electron chi connectivity index (χ1n) is 6.73. The highest BCUT2D eigenvalue weighted by molar-refractivity contribution is 6.42. The average molecular weight is 320 g/mol. The number of benzene rings is 1. The predicted octanol–water partition coefficient (Wildman–Crippen LogP) is 4.14. The second kappa shape index (κ2) is 6.06. The number of likely N-dealkylation sites (N-methyl/N-ethyl adjacent to an activating group) is 1. The lowest BCUT2D eigenvalue weighted by Gasteiger charge is -2.16. The number of hydrogen-bond acceptors (Lipinski definition) is 2. The van der Waals surface area contributed by atoms with Gasteiger partial charge in [-0.1, -0.05) is 41.4 Å². The summed E-state index contributed by atoms with van der Waals surface area (Å²) >= 11 is 12.4. The molecule has 0 radical (unpaired) electrons. The molecule has 5 heteroatoms. The number of rotatable bonds is 4. The van der Waals surface area contributed by atoms with Crippen LogP contribution in [0, 0.1) is 0 Å². The Hall–Kier alpha value is -1.55. The maximum Gasteiger partial charge on any atom is 0.0709 e. The third-order valence-electron chi connectivity index (χ3n) is 3.64. The minimum atomic E-state index is 0.126. The number of pyridine rings is 1. The Morgan fingerprint density at radius 3 is 2.86 bits per heavy atom. The van der Waals surface area contributed by atoms with Gasteiger partial charge in [-0.2, -0.15) is 5.10 Å². The summed E-state index contributed by atoms with van der Waals surface area (Å²) in [4.78, 5) is 0. The van der Waals surface area contributed by atoms with Gasteiger partial charge in [-0.3, -0.25) is 0 Å². The van der Waals surface area contributed by atoms with Crippen LogP contribution in [0.3, 0.4) is 0 Å². The van der Waals surface area contributed by atoms with Gasteiger partial charge in [-0.15, -0.1) is 0 Å². The molecule has 0 saturated carbocycles. The fourth-order valence-corrected chi connectivity index (χ4v) is 2.91. The van der Waals surface area contributed by atoms with Gasteiger partial charge in [0.1, 0.15) is 0 Å². The van der Waals surface area contributed by atoms with Crippen LogP contribution in [0.4, 0.5) is 0 Å². The molecule has 3 rings (SSSR count). The molecule has 0 fully saturated rings. The molecule has 0 aliphatic carbocycles. The molecule has 21 heavy (non-hydrogen) atoms. The number of aromatic nitrogens is 2. The van der Waals surface area contributed by atoms with Crippen molar-refractivity contribution in [1.82, 2.24) is 14.9 Å². The molecule has 108 valence electrons. The van der Waals surface area contributed by atoms with E-state index in [0.29, 0.717) is 10.0 Å². The van der Waals surface area contributed by atoms with Crippen LogP contribution in [-0.4, -0.2) is 16.7 Å². The van der Waals surface area contributed by atoms with Crippen LogP contribution in [-0.2, 0) is 6.42 Å². The van der Waals surface area contributed by atoms with Gasteiger partial charge in [0.25, 0.3) is 0 Å². The maximum atomic E-state index is 6.29. The number of nitrogens with one attached hydrogen (secondary N) is 1. The fourth-order valence-electron chi connectivity index (χ4n) is 2.52. The first kappa shape index (κ1) is 14.4. The number of halogens is 2. The highest BCUT2D eigenvalue weighted by Gasteiger charge is 2.17. The van der Waals surface area contributed by atoms with Crippen molar-refractivity contribution in [2.75, 3.05) is 7.05 Å². The van der Waals surface area contributed by atoms with Gasteiger partial charge < -0.3 is 5.32 Å². The van der Waals surface area contributed by atoms with Gasteiger partial charge in [-0.05, 0) is 37.2 Å². The van der Waals surface area contributed by atoms with E-state index in [1.165, 1.54) is 0 Å². The Morgan fingerprint density at radius 2 is 2.05 bits per heavy atom. The monoisotopic (exact) mass is 319 g/mol. The Balaban J connectivity index is 1.97. The number of hydrogen-bond donors (Lipinski definition) is 1. The molecular formula is C16H15Cl2N3. The minimum absolute atomic E-state index is 0.126. The van der Waals surface area contributed by atoms with Crippen LogP contribution in [0.25, 0.3) is 5.52 Å². The molecule has 1 atom stereocenters. The molecule has 1 N–H and O–H groups in total. The quantitative estimate of drug-likeness (QED) is 0.783. The van der Waals surface area contributed by atoms with Crippen LogP contribution in [0.5, 0.6) is 0 Å². The van der Waals surface area contributed by atoms with E-state index in [1.807, 2.05) is 48.2 Å². The van der Waals surface area contributed by atoms with Crippen molar-refractivity contribution in [3.8, 4) is 0 Å². The third kappa shape index (κ3) is 2.77. The zero-order chi connectivity index (χ0) is 14.8.